The lowest BCUT2D eigenvalue weighted by Gasteiger charge is -2.36. The van der Waals surface area contributed by atoms with E-state index in [1.807, 2.05) is 5.32 Å². The molecule has 2 amide bonds. The number of likely N-dealkylation sites (tertiary alicyclic amines) is 1. The average Bonchev–Trinajstić information content (AvgIpc) is 3.29. The summed E-state index contributed by atoms with van der Waals surface area (Å²) in [6, 6.07) is 11.6. The van der Waals surface area contributed by atoms with E-state index >= 15 is 0 Å². The van der Waals surface area contributed by atoms with Gasteiger partial charge in [0.1, 0.15) is 18.2 Å². The van der Waals surface area contributed by atoms with Gasteiger partial charge in [0.15, 0.2) is 0 Å². The van der Waals surface area contributed by atoms with E-state index in [4.69, 9.17) is 0 Å². The van der Waals surface area contributed by atoms with E-state index in [0.29, 0.717) is 43.5 Å². The van der Waals surface area contributed by atoms with Crippen molar-refractivity contribution in [3.05, 3.63) is 65.0 Å². The van der Waals surface area contributed by atoms with Crippen molar-refractivity contribution in [3.63, 3.8) is 0 Å². The fourth-order valence-electron chi connectivity index (χ4n) is 6.05. The quantitative estimate of drug-likeness (QED) is 0.466. The monoisotopic (exact) mass is 558 g/mol. The Morgan fingerprint density at radius 2 is 1.65 bits per heavy atom. The van der Waals surface area contributed by atoms with Crippen molar-refractivity contribution in [1.82, 2.24) is 10.2 Å². The topological polar surface area (TPSA) is 65.0 Å². The minimum Gasteiger partial charge on any atom is -0.347 e. The van der Waals surface area contributed by atoms with E-state index in [9.17, 15) is 27.2 Å². The number of hydrogen-bond acceptors (Lipinski definition) is 3. The Kier molecular flexibility index (Phi) is 8.54. The van der Waals surface area contributed by atoms with Gasteiger partial charge in [0, 0.05) is 36.2 Å². The van der Waals surface area contributed by atoms with E-state index in [1.165, 1.54) is 49.1 Å². The highest BCUT2D eigenvalue weighted by molar-refractivity contribution is 6.12. The number of anilines is 1. The average molecular weight is 559 g/mol. The standard InChI is InChI=1S/C30H34F4N4O2/c31-24-10-6-22(7-11-24)29(40)36-27-17-23-5-4-20(18-37-14-2-1-3-15-37)16-26(23)38(27)25-12-8-21(9-13-25)28(39)35-19-30(32,33)34/h4-7,10-11,16,21,25H,1-3,8-9,12-15,17-19H2,(H,35,39). The van der Waals surface area contributed by atoms with Crippen molar-refractivity contribution >= 4 is 23.3 Å². The number of carbonyl (C=O) groups excluding carboxylic acids is 2. The van der Waals surface area contributed by atoms with Crippen molar-refractivity contribution in [3.8, 4) is 0 Å². The molecule has 3 aliphatic rings. The molecule has 0 atom stereocenters. The predicted octanol–water partition coefficient (Wildman–Crippen LogP) is 5.65. The molecule has 2 fully saturated rings. The summed E-state index contributed by atoms with van der Waals surface area (Å²) in [6.07, 6.45) is 1.75. The molecule has 0 bridgehead atoms. The van der Waals surface area contributed by atoms with Gasteiger partial charge in [-0.3, -0.25) is 14.5 Å². The number of hydrogen-bond donors (Lipinski definition) is 1. The fourth-order valence-corrected chi connectivity index (χ4v) is 6.05. The van der Waals surface area contributed by atoms with Gasteiger partial charge < -0.3 is 10.2 Å². The number of aliphatic imine (C=N–C) groups is 1. The first-order chi connectivity index (χ1) is 19.2. The third-order valence-electron chi connectivity index (χ3n) is 8.11. The van der Waals surface area contributed by atoms with E-state index < -0.39 is 36.3 Å². The molecule has 1 aliphatic carbocycles. The van der Waals surface area contributed by atoms with Crippen LogP contribution in [-0.2, 0) is 17.8 Å². The van der Waals surface area contributed by atoms with Crippen LogP contribution < -0.4 is 10.2 Å². The Morgan fingerprint density at radius 1 is 0.950 bits per heavy atom. The maximum absolute atomic E-state index is 13.4. The Hall–Kier alpha value is -3.27. The number of rotatable bonds is 6. The van der Waals surface area contributed by atoms with Gasteiger partial charge in [-0.2, -0.15) is 18.2 Å². The molecule has 0 aromatic heterocycles. The van der Waals surface area contributed by atoms with Gasteiger partial charge in [0.05, 0.1) is 0 Å². The van der Waals surface area contributed by atoms with Crippen molar-refractivity contribution in [2.75, 3.05) is 24.5 Å². The molecule has 1 saturated carbocycles. The number of alkyl halides is 3. The molecular weight excluding hydrogens is 524 g/mol. The van der Waals surface area contributed by atoms with Crippen molar-refractivity contribution in [1.29, 1.82) is 0 Å². The van der Waals surface area contributed by atoms with Crippen LogP contribution in [0, 0.1) is 11.7 Å². The summed E-state index contributed by atoms with van der Waals surface area (Å²) >= 11 is 0. The van der Waals surface area contributed by atoms with Crippen LogP contribution in [0.1, 0.15) is 66.4 Å². The van der Waals surface area contributed by atoms with Crippen molar-refractivity contribution in [2.24, 2.45) is 10.9 Å². The lowest BCUT2D eigenvalue weighted by molar-refractivity contribution is -0.141. The van der Waals surface area contributed by atoms with Crippen LogP contribution in [0.2, 0.25) is 0 Å². The SMILES string of the molecule is O=C(N=C1Cc2ccc(CN3CCCCC3)cc2N1C1CCC(C(=O)NCC(F)(F)F)CC1)c1ccc(F)cc1. The summed E-state index contributed by atoms with van der Waals surface area (Å²) in [6.45, 7) is 1.65. The van der Waals surface area contributed by atoms with Gasteiger partial charge in [-0.15, -0.1) is 0 Å². The van der Waals surface area contributed by atoms with Gasteiger partial charge in [-0.25, -0.2) is 4.39 Å². The van der Waals surface area contributed by atoms with Gasteiger partial charge >= 0.3 is 6.18 Å². The molecule has 5 rings (SSSR count). The predicted molar refractivity (Wildman–Crippen MR) is 145 cm³/mol. The summed E-state index contributed by atoms with van der Waals surface area (Å²) < 4.78 is 51.1. The number of nitrogens with zero attached hydrogens (tertiary/aromatic N) is 3. The molecule has 2 aromatic carbocycles. The molecule has 1 saturated heterocycles. The molecular formula is C30H34F4N4O2. The van der Waals surface area contributed by atoms with Gasteiger partial charge in [0.25, 0.3) is 5.91 Å². The van der Waals surface area contributed by atoms with E-state index in [2.05, 4.69) is 33.0 Å². The molecule has 0 spiro atoms. The molecule has 2 aromatic rings. The van der Waals surface area contributed by atoms with Crippen LogP contribution in [0.4, 0.5) is 23.2 Å². The first-order valence-electron chi connectivity index (χ1n) is 14.0. The third-order valence-corrected chi connectivity index (χ3v) is 8.11. The smallest absolute Gasteiger partial charge is 0.347 e. The second-order valence-electron chi connectivity index (χ2n) is 11.0. The minimum atomic E-state index is -4.44. The molecule has 214 valence electrons. The highest BCUT2D eigenvalue weighted by Crippen LogP contribution is 2.38. The highest BCUT2D eigenvalue weighted by atomic mass is 19.4. The lowest BCUT2D eigenvalue weighted by Crippen LogP contribution is -2.44. The highest BCUT2D eigenvalue weighted by Gasteiger charge is 2.37. The van der Waals surface area contributed by atoms with Crippen LogP contribution in [0.3, 0.4) is 0 Å². The fraction of sp³-hybridized carbons (Fsp3) is 0.500. The summed E-state index contributed by atoms with van der Waals surface area (Å²) in [7, 11) is 0. The number of nitrogens with one attached hydrogen (secondary N) is 1. The van der Waals surface area contributed by atoms with Crippen molar-refractivity contribution < 1.29 is 27.2 Å². The van der Waals surface area contributed by atoms with Crippen molar-refractivity contribution in [2.45, 2.75) is 70.1 Å². The molecule has 2 heterocycles. The van der Waals surface area contributed by atoms with Gasteiger partial charge in [-0.05, 0) is 93.1 Å². The van der Waals surface area contributed by atoms with Gasteiger partial charge in [-0.1, -0.05) is 18.6 Å². The molecule has 10 heteroatoms. The summed E-state index contributed by atoms with van der Waals surface area (Å²) in [5, 5.41) is 2.02. The van der Waals surface area contributed by atoms with Crippen LogP contribution in [0.5, 0.6) is 0 Å². The van der Waals surface area contributed by atoms with Crippen LogP contribution in [0.15, 0.2) is 47.5 Å². The minimum absolute atomic E-state index is 0.0436. The number of amides is 2. The molecule has 6 nitrogen and oxygen atoms in total. The maximum atomic E-state index is 13.4. The number of piperidine rings is 1. The first kappa shape index (κ1) is 28.3. The molecule has 40 heavy (non-hydrogen) atoms. The van der Waals surface area contributed by atoms with Gasteiger partial charge in [0.2, 0.25) is 5.91 Å². The number of halogens is 4. The normalized spacial score (nSPS) is 22.8. The zero-order chi connectivity index (χ0) is 28.3. The second kappa shape index (κ2) is 12.1. The Balaban J connectivity index is 1.36. The van der Waals surface area contributed by atoms with E-state index in [-0.39, 0.29) is 6.04 Å². The molecule has 2 aliphatic heterocycles. The Morgan fingerprint density at radius 3 is 2.33 bits per heavy atom. The number of carbonyl (C=O) groups is 2. The molecule has 1 N–H and O–H groups in total. The van der Waals surface area contributed by atoms with Crippen LogP contribution >= 0.6 is 0 Å². The summed E-state index contributed by atoms with van der Waals surface area (Å²) in [5.41, 5.74) is 3.51. The lowest BCUT2D eigenvalue weighted by atomic mass is 9.84. The van der Waals surface area contributed by atoms with Crippen LogP contribution in [-0.4, -0.2) is 54.4 Å². The van der Waals surface area contributed by atoms with E-state index in [0.717, 1.165) is 30.9 Å². The Labute approximate surface area is 231 Å². The summed E-state index contributed by atoms with van der Waals surface area (Å²) in [4.78, 5) is 34.4. The maximum Gasteiger partial charge on any atom is 0.405 e. The second-order valence-corrected chi connectivity index (χ2v) is 11.0. The number of amidine groups is 1. The number of fused-ring (bicyclic) bond motifs is 1. The first-order valence-corrected chi connectivity index (χ1v) is 14.0. The van der Waals surface area contributed by atoms with Crippen LogP contribution in [0.25, 0.3) is 0 Å². The molecule has 0 radical (unpaired) electrons. The zero-order valence-electron chi connectivity index (χ0n) is 22.4. The summed E-state index contributed by atoms with van der Waals surface area (Å²) in [5.74, 6) is -1.34. The Bertz CT molecular complexity index is 1250. The van der Waals surface area contributed by atoms with E-state index in [1.54, 1.807) is 0 Å². The third kappa shape index (κ3) is 6.89. The largest absolute Gasteiger partial charge is 0.405 e. The molecule has 0 unspecified atom stereocenters. The zero-order valence-corrected chi connectivity index (χ0v) is 22.4. The number of benzene rings is 2.